The Morgan fingerprint density at radius 2 is 1.74 bits per heavy atom. The number of methoxy groups -OCH3 is 1. The lowest BCUT2D eigenvalue weighted by Gasteiger charge is -2.20. The first kappa shape index (κ1) is 22.7. The molecule has 1 aromatic heterocycles. The lowest BCUT2D eigenvalue weighted by Crippen LogP contribution is -2.23. The summed E-state index contributed by atoms with van der Waals surface area (Å²) in [6.07, 6.45) is -2.86. The summed E-state index contributed by atoms with van der Waals surface area (Å²) >= 11 is 0. The van der Waals surface area contributed by atoms with Crippen molar-refractivity contribution in [2.75, 3.05) is 25.2 Å². The van der Waals surface area contributed by atoms with E-state index in [4.69, 9.17) is 13.9 Å². The highest BCUT2D eigenvalue weighted by Crippen LogP contribution is 2.37. The van der Waals surface area contributed by atoms with Crippen LogP contribution in [0.25, 0.3) is 22.6 Å². The van der Waals surface area contributed by atoms with Gasteiger partial charge in [0.15, 0.2) is 0 Å². The molecule has 0 saturated carbocycles. The fraction of sp³-hybridized carbons (Fsp3) is 0.192. The number of carbonyl (C=O) groups is 1. The molecule has 0 aliphatic carbocycles. The van der Waals surface area contributed by atoms with Crippen molar-refractivity contribution in [1.82, 2.24) is 10.2 Å². The second kappa shape index (κ2) is 9.63. The second-order valence-electron chi connectivity index (χ2n) is 7.89. The summed E-state index contributed by atoms with van der Waals surface area (Å²) in [5.74, 6) is -0.265. The maximum absolute atomic E-state index is 13.4. The summed E-state index contributed by atoms with van der Waals surface area (Å²) in [5.41, 5.74) is 4.31. The normalized spacial score (nSPS) is 12.9. The van der Waals surface area contributed by atoms with Gasteiger partial charge in [0.05, 0.1) is 18.8 Å². The van der Waals surface area contributed by atoms with Gasteiger partial charge < -0.3 is 18.8 Å². The molecular weight excluding hydrogens is 456 g/mol. The van der Waals surface area contributed by atoms with Gasteiger partial charge in [0.2, 0.25) is 5.89 Å². The van der Waals surface area contributed by atoms with E-state index in [1.165, 1.54) is 0 Å². The van der Waals surface area contributed by atoms with E-state index in [0.29, 0.717) is 30.9 Å². The SMILES string of the molecule is COCCOc1ccc(-c2ccccc2N2Cc3ccc(-c4nnc(C(F)F)o4)cc3C2=O)cc1. The minimum atomic E-state index is -2.86. The van der Waals surface area contributed by atoms with E-state index in [-0.39, 0.29) is 11.8 Å². The van der Waals surface area contributed by atoms with Gasteiger partial charge in [0.25, 0.3) is 11.8 Å². The third kappa shape index (κ3) is 4.50. The van der Waals surface area contributed by atoms with Crippen molar-refractivity contribution in [3.8, 4) is 28.3 Å². The number of para-hydroxylation sites is 1. The van der Waals surface area contributed by atoms with Crippen LogP contribution >= 0.6 is 0 Å². The summed E-state index contributed by atoms with van der Waals surface area (Å²) in [6, 6.07) is 20.4. The molecule has 178 valence electrons. The van der Waals surface area contributed by atoms with Gasteiger partial charge in [-0.25, -0.2) is 0 Å². The van der Waals surface area contributed by atoms with Crippen molar-refractivity contribution >= 4 is 11.6 Å². The van der Waals surface area contributed by atoms with E-state index in [9.17, 15) is 13.6 Å². The molecule has 5 rings (SSSR count). The minimum absolute atomic E-state index is 0.0532. The largest absolute Gasteiger partial charge is 0.491 e. The Kier molecular flexibility index (Phi) is 6.24. The Balaban J connectivity index is 1.41. The fourth-order valence-electron chi connectivity index (χ4n) is 3.99. The van der Waals surface area contributed by atoms with E-state index >= 15 is 0 Å². The van der Waals surface area contributed by atoms with Crippen LogP contribution in [0.2, 0.25) is 0 Å². The number of hydrogen-bond donors (Lipinski definition) is 0. The van der Waals surface area contributed by atoms with Crippen LogP contribution < -0.4 is 9.64 Å². The topological polar surface area (TPSA) is 77.7 Å². The van der Waals surface area contributed by atoms with E-state index in [0.717, 1.165) is 28.1 Å². The minimum Gasteiger partial charge on any atom is -0.491 e. The zero-order valence-electron chi connectivity index (χ0n) is 18.8. The molecule has 0 unspecified atom stereocenters. The molecule has 0 bridgehead atoms. The molecule has 7 nitrogen and oxygen atoms in total. The molecular formula is C26H21F2N3O4. The molecule has 1 amide bonds. The van der Waals surface area contributed by atoms with Gasteiger partial charge in [-0.1, -0.05) is 36.4 Å². The average molecular weight is 477 g/mol. The monoisotopic (exact) mass is 477 g/mol. The predicted molar refractivity (Wildman–Crippen MR) is 124 cm³/mol. The van der Waals surface area contributed by atoms with Gasteiger partial charge in [0.1, 0.15) is 12.4 Å². The highest BCUT2D eigenvalue weighted by Gasteiger charge is 2.31. The Hall–Kier alpha value is -4.11. The van der Waals surface area contributed by atoms with Crippen LogP contribution in [0, 0.1) is 0 Å². The van der Waals surface area contributed by atoms with Crippen molar-refractivity contribution < 1.29 is 27.5 Å². The smallest absolute Gasteiger partial charge is 0.314 e. The quantitative estimate of drug-likeness (QED) is 0.311. The highest BCUT2D eigenvalue weighted by molar-refractivity contribution is 6.12. The number of anilines is 1. The summed E-state index contributed by atoms with van der Waals surface area (Å²) in [6.45, 7) is 1.35. The maximum Gasteiger partial charge on any atom is 0.314 e. The Labute approximate surface area is 199 Å². The third-order valence-electron chi connectivity index (χ3n) is 5.70. The molecule has 0 fully saturated rings. The van der Waals surface area contributed by atoms with E-state index in [1.54, 1.807) is 30.2 Å². The standard InChI is InChI=1S/C26H21F2N3O4/c1-33-12-13-34-19-10-8-16(9-11-19)20-4-2-3-5-22(20)31-15-18-7-6-17(14-21(18)26(31)32)24-29-30-25(35-24)23(27)28/h2-11,14,23H,12-13,15H2,1H3. The molecule has 0 radical (unpaired) electrons. The van der Waals surface area contributed by atoms with Crippen molar-refractivity contribution in [3.05, 3.63) is 83.7 Å². The summed E-state index contributed by atoms with van der Waals surface area (Å²) in [7, 11) is 1.62. The highest BCUT2D eigenvalue weighted by atomic mass is 19.3. The Morgan fingerprint density at radius 1 is 0.971 bits per heavy atom. The molecule has 1 aliphatic rings. The molecule has 4 aromatic rings. The van der Waals surface area contributed by atoms with Crippen LogP contribution in [-0.4, -0.2) is 36.4 Å². The maximum atomic E-state index is 13.4. The van der Waals surface area contributed by atoms with Gasteiger partial charge >= 0.3 is 6.43 Å². The van der Waals surface area contributed by atoms with Gasteiger partial charge in [-0.2, -0.15) is 8.78 Å². The first-order valence-electron chi connectivity index (χ1n) is 10.9. The molecule has 0 N–H and O–H groups in total. The van der Waals surface area contributed by atoms with Crippen LogP contribution in [-0.2, 0) is 11.3 Å². The average Bonchev–Trinajstić information content (AvgIpc) is 3.50. The molecule has 2 heterocycles. The number of ether oxygens (including phenoxy) is 2. The predicted octanol–water partition coefficient (Wildman–Crippen LogP) is 5.53. The Bertz CT molecular complexity index is 1350. The number of hydrogen-bond acceptors (Lipinski definition) is 6. The molecule has 0 atom stereocenters. The van der Waals surface area contributed by atoms with Crippen LogP contribution in [0.4, 0.5) is 14.5 Å². The fourth-order valence-corrected chi connectivity index (χ4v) is 3.99. The number of amides is 1. The first-order valence-corrected chi connectivity index (χ1v) is 10.9. The number of alkyl halides is 2. The van der Waals surface area contributed by atoms with Crippen molar-refractivity contribution in [2.45, 2.75) is 13.0 Å². The number of nitrogens with zero attached hydrogens (tertiary/aromatic N) is 3. The van der Waals surface area contributed by atoms with Crippen molar-refractivity contribution in [1.29, 1.82) is 0 Å². The first-order chi connectivity index (χ1) is 17.0. The Morgan fingerprint density at radius 3 is 2.49 bits per heavy atom. The van der Waals surface area contributed by atoms with Gasteiger partial charge in [-0.15, -0.1) is 10.2 Å². The van der Waals surface area contributed by atoms with E-state index in [2.05, 4.69) is 10.2 Å². The number of aromatic nitrogens is 2. The van der Waals surface area contributed by atoms with Crippen molar-refractivity contribution in [2.24, 2.45) is 0 Å². The van der Waals surface area contributed by atoms with Crippen LogP contribution in [0.1, 0.15) is 28.2 Å². The molecule has 3 aromatic carbocycles. The van der Waals surface area contributed by atoms with Crippen LogP contribution in [0.15, 0.2) is 71.1 Å². The van der Waals surface area contributed by atoms with Crippen LogP contribution in [0.5, 0.6) is 5.75 Å². The van der Waals surface area contributed by atoms with Gasteiger partial charge in [0, 0.05) is 23.8 Å². The summed E-state index contributed by atoms with van der Waals surface area (Å²) in [5, 5.41) is 7.04. The molecule has 35 heavy (non-hydrogen) atoms. The number of fused-ring (bicyclic) bond motifs is 1. The van der Waals surface area contributed by atoms with Gasteiger partial charge in [-0.3, -0.25) is 4.79 Å². The number of halogens is 2. The summed E-state index contributed by atoms with van der Waals surface area (Å²) in [4.78, 5) is 15.1. The second-order valence-corrected chi connectivity index (χ2v) is 7.89. The molecule has 0 saturated heterocycles. The van der Waals surface area contributed by atoms with Crippen LogP contribution in [0.3, 0.4) is 0 Å². The lowest BCUT2D eigenvalue weighted by atomic mass is 10.0. The zero-order valence-corrected chi connectivity index (χ0v) is 18.8. The molecule has 0 spiro atoms. The number of rotatable bonds is 8. The number of carbonyl (C=O) groups excluding carboxylic acids is 1. The zero-order chi connectivity index (χ0) is 24.4. The lowest BCUT2D eigenvalue weighted by molar-refractivity contribution is 0.0996. The van der Waals surface area contributed by atoms with E-state index in [1.807, 2.05) is 48.5 Å². The molecule has 1 aliphatic heterocycles. The van der Waals surface area contributed by atoms with E-state index < -0.39 is 12.3 Å². The number of benzene rings is 3. The third-order valence-corrected chi connectivity index (χ3v) is 5.70. The van der Waals surface area contributed by atoms with Crippen molar-refractivity contribution in [3.63, 3.8) is 0 Å². The van der Waals surface area contributed by atoms with Gasteiger partial charge in [-0.05, 0) is 41.5 Å². The molecule has 9 heteroatoms. The summed E-state index contributed by atoms with van der Waals surface area (Å²) < 4.78 is 41.3.